The molecule has 21 heavy (non-hydrogen) atoms. The van der Waals surface area contributed by atoms with Gasteiger partial charge in [0.1, 0.15) is 0 Å². The average Bonchev–Trinajstić information content (AvgIpc) is 3.18. The fourth-order valence-electron chi connectivity index (χ4n) is 2.81. The van der Waals surface area contributed by atoms with E-state index < -0.39 is 0 Å². The van der Waals surface area contributed by atoms with Crippen molar-refractivity contribution in [2.75, 3.05) is 13.2 Å². The van der Waals surface area contributed by atoms with Crippen LogP contribution < -0.4 is 0 Å². The molecule has 0 spiro atoms. The van der Waals surface area contributed by atoms with E-state index in [9.17, 15) is 5.11 Å². The van der Waals surface area contributed by atoms with Crippen molar-refractivity contribution in [2.24, 2.45) is 0 Å². The van der Waals surface area contributed by atoms with Gasteiger partial charge in [0.25, 0.3) is 5.89 Å². The number of aliphatic hydroxyl groups is 1. The van der Waals surface area contributed by atoms with E-state index in [1.165, 1.54) is 25.7 Å². The van der Waals surface area contributed by atoms with Crippen LogP contribution in [0.25, 0.3) is 10.8 Å². The minimum atomic E-state index is 0.162. The third kappa shape index (κ3) is 3.71. The lowest BCUT2D eigenvalue weighted by molar-refractivity contribution is 0.134. The number of nitrogens with zero attached hydrogens (tertiary/aromatic N) is 3. The quantitative estimate of drug-likeness (QED) is 0.843. The van der Waals surface area contributed by atoms with Crippen molar-refractivity contribution in [1.29, 1.82) is 0 Å². The number of hydrogen-bond donors (Lipinski definition) is 1. The van der Waals surface area contributed by atoms with Gasteiger partial charge in [0.15, 0.2) is 0 Å². The van der Waals surface area contributed by atoms with Gasteiger partial charge in [-0.2, -0.15) is 0 Å². The van der Waals surface area contributed by atoms with Gasteiger partial charge in [-0.25, -0.2) is 0 Å². The summed E-state index contributed by atoms with van der Waals surface area (Å²) in [7, 11) is 0. The molecule has 3 rings (SSSR count). The molecule has 1 aliphatic carbocycles. The van der Waals surface area contributed by atoms with Crippen molar-refractivity contribution >= 4 is 27.3 Å². The van der Waals surface area contributed by atoms with E-state index in [4.69, 9.17) is 4.42 Å². The van der Waals surface area contributed by atoms with Gasteiger partial charge in [-0.05, 0) is 40.9 Å². The molecule has 2 aromatic heterocycles. The van der Waals surface area contributed by atoms with Crippen LogP contribution in [-0.4, -0.2) is 39.4 Å². The van der Waals surface area contributed by atoms with E-state index in [0.29, 0.717) is 30.9 Å². The third-order valence-electron chi connectivity index (χ3n) is 3.82. The van der Waals surface area contributed by atoms with E-state index in [2.05, 4.69) is 31.0 Å². The summed E-state index contributed by atoms with van der Waals surface area (Å²) in [5.74, 6) is 1.19. The Morgan fingerprint density at radius 2 is 2.14 bits per heavy atom. The topological polar surface area (TPSA) is 62.4 Å². The minimum Gasteiger partial charge on any atom is -0.419 e. The maximum atomic E-state index is 9.25. The van der Waals surface area contributed by atoms with Crippen molar-refractivity contribution in [3.05, 3.63) is 21.8 Å². The number of thiophene rings is 1. The molecule has 1 N–H and O–H groups in total. The minimum absolute atomic E-state index is 0.162. The standard InChI is InChI=1S/C14H18BrN3O2S/c15-12-6-5-11(21-12)14-17-16-13(20-14)9-18(7-8-19)10-3-1-2-4-10/h5-6,10,19H,1-4,7-9H2. The second-order valence-corrected chi connectivity index (χ2v) is 7.70. The molecule has 0 radical (unpaired) electrons. The Morgan fingerprint density at radius 3 is 2.81 bits per heavy atom. The number of rotatable bonds is 6. The van der Waals surface area contributed by atoms with Crippen molar-refractivity contribution in [3.8, 4) is 10.8 Å². The monoisotopic (exact) mass is 371 g/mol. The van der Waals surface area contributed by atoms with Gasteiger partial charge in [0.2, 0.25) is 5.89 Å². The van der Waals surface area contributed by atoms with Gasteiger partial charge in [-0.1, -0.05) is 12.8 Å². The first-order valence-electron chi connectivity index (χ1n) is 7.19. The highest BCUT2D eigenvalue weighted by Crippen LogP contribution is 2.31. The molecule has 5 nitrogen and oxygen atoms in total. The molecule has 0 amide bonds. The maximum absolute atomic E-state index is 9.25. The van der Waals surface area contributed by atoms with Gasteiger partial charge in [-0.15, -0.1) is 21.5 Å². The van der Waals surface area contributed by atoms with Crippen LogP contribution in [0.4, 0.5) is 0 Å². The zero-order valence-electron chi connectivity index (χ0n) is 11.7. The van der Waals surface area contributed by atoms with E-state index in [0.717, 1.165) is 8.66 Å². The summed E-state index contributed by atoms with van der Waals surface area (Å²) in [6.45, 7) is 1.44. The maximum Gasteiger partial charge on any atom is 0.257 e. The van der Waals surface area contributed by atoms with E-state index >= 15 is 0 Å². The summed E-state index contributed by atoms with van der Waals surface area (Å²) >= 11 is 5.01. The summed E-state index contributed by atoms with van der Waals surface area (Å²) in [5.41, 5.74) is 0. The lowest BCUT2D eigenvalue weighted by Crippen LogP contribution is -2.35. The summed E-state index contributed by atoms with van der Waals surface area (Å²) in [4.78, 5) is 3.23. The van der Waals surface area contributed by atoms with Gasteiger partial charge >= 0.3 is 0 Å². The molecule has 0 atom stereocenters. The fraction of sp³-hybridized carbons (Fsp3) is 0.571. The van der Waals surface area contributed by atoms with Crippen LogP contribution in [-0.2, 0) is 6.54 Å². The second kappa shape index (κ2) is 7.00. The number of aromatic nitrogens is 2. The Bertz CT molecular complexity index is 580. The molecule has 0 aliphatic heterocycles. The molecule has 0 saturated heterocycles. The predicted molar refractivity (Wildman–Crippen MR) is 85.1 cm³/mol. The van der Waals surface area contributed by atoms with Gasteiger partial charge in [0.05, 0.1) is 21.8 Å². The largest absolute Gasteiger partial charge is 0.419 e. The molecule has 114 valence electrons. The summed E-state index contributed by atoms with van der Waals surface area (Å²) < 4.78 is 6.81. The van der Waals surface area contributed by atoms with Crippen LogP contribution >= 0.6 is 27.3 Å². The fourth-order valence-corrected chi connectivity index (χ4v) is 4.12. The predicted octanol–water partition coefficient (Wildman–Crippen LogP) is 3.30. The Labute approximate surface area is 136 Å². The van der Waals surface area contributed by atoms with E-state index in [1.54, 1.807) is 11.3 Å². The Morgan fingerprint density at radius 1 is 1.33 bits per heavy atom. The van der Waals surface area contributed by atoms with Gasteiger partial charge in [-0.3, -0.25) is 4.90 Å². The second-order valence-electron chi connectivity index (χ2n) is 5.24. The molecule has 2 aromatic rings. The number of halogens is 1. The molecule has 2 heterocycles. The van der Waals surface area contributed by atoms with Crippen LogP contribution in [0, 0.1) is 0 Å². The molecule has 1 fully saturated rings. The highest BCUT2D eigenvalue weighted by atomic mass is 79.9. The summed E-state index contributed by atoms with van der Waals surface area (Å²) in [6.07, 6.45) is 4.92. The highest BCUT2D eigenvalue weighted by molar-refractivity contribution is 9.11. The highest BCUT2D eigenvalue weighted by Gasteiger charge is 2.24. The van der Waals surface area contributed by atoms with Crippen LogP contribution in [0.2, 0.25) is 0 Å². The first kappa shape index (κ1) is 15.1. The average molecular weight is 372 g/mol. The van der Waals surface area contributed by atoms with Crippen LogP contribution in [0.1, 0.15) is 31.6 Å². The molecule has 1 saturated carbocycles. The lowest BCUT2D eigenvalue weighted by atomic mass is 10.2. The normalized spacial score (nSPS) is 16.1. The number of hydrogen-bond acceptors (Lipinski definition) is 6. The van der Waals surface area contributed by atoms with Crippen LogP contribution in [0.3, 0.4) is 0 Å². The zero-order valence-corrected chi connectivity index (χ0v) is 14.1. The Balaban J connectivity index is 1.69. The molecule has 1 aliphatic rings. The van der Waals surface area contributed by atoms with E-state index in [-0.39, 0.29) is 6.61 Å². The Hall–Kier alpha value is -0.760. The molecular weight excluding hydrogens is 354 g/mol. The summed E-state index contributed by atoms with van der Waals surface area (Å²) in [5, 5.41) is 17.5. The van der Waals surface area contributed by atoms with E-state index in [1.807, 2.05) is 12.1 Å². The first-order valence-corrected chi connectivity index (χ1v) is 8.80. The third-order valence-corrected chi connectivity index (χ3v) is 5.43. The van der Waals surface area contributed by atoms with Crippen molar-refractivity contribution in [1.82, 2.24) is 15.1 Å². The molecule has 0 bridgehead atoms. The zero-order chi connectivity index (χ0) is 14.7. The number of aliphatic hydroxyl groups excluding tert-OH is 1. The molecule has 0 unspecified atom stereocenters. The molecular formula is C14H18BrN3O2S. The molecule has 7 heteroatoms. The smallest absolute Gasteiger partial charge is 0.257 e. The van der Waals surface area contributed by atoms with Crippen molar-refractivity contribution in [3.63, 3.8) is 0 Å². The van der Waals surface area contributed by atoms with Crippen LogP contribution in [0.15, 0.2) is 20.3 Å². The van der Waals surface area contributed by atoms with Gasteiger partial charge < -0.3 is 9.52 Å². The van der Waals surface area contributed by atoms with Crippen molar-refractivity contribution < 1.29 is 9.52 Å². The summed E-state index contributed by atoms with van der Waals surface area (Å²) in [6, 6.07) is 4.47. The molecule has 0 aromatic carbocycles. The van der Waals surface area contributed by atoms with Gasteiger partial charge in [0, 0.05) is 12.6 Å². The van der Waals surface area contributed by atoms with Crippen LogP contribution in [0.5, 0.6) is 0 Å². The van der Waals surface area contributed by atoms with Crippen molar-refractivity contribution in [2.45, 2.75) is 38.3 Å². The SMILES string of the molecule is OCCN(Cc1nnc(-c2ccc(Br)s2)o1)C1CCCC1. The first-order chi connectivity index (χ1) is 10.3. The lowest BCUT2D eigenvalue weighted by Gasteiger charge is -2.26. The Kier molecular flexibility index (Phi) is 5.05.